The summed E-state index contributed by atoms with van der Waals surface area (Å²) in [5, 5.41) is 10.8. The van der Waals surface area contributed by atoms with Gasteiger partial charge in [-0.1, -0.05) is 48.9 Å². The fourth-order valence-electron chi connectivity index (χ4n) is 2.35. The summed E-state index contributed by atoms with van der Waals surface area (Å²) < 4.78 is 1.79. The standard InChI is InChI=1S/C16H18N4/c1-2-5-15(17)16-11-20(19-18-16)14-9-8-12-6-3-4-7-13(12)10-14/h3-4,6-11,15H,2,5,17H2,1H3. The van der Waals surface area contributed by atoms with Crippen molar-refractivity contribution in [1.82, 2.24) is 15.0 Å². The van der Waals surface area contributed by atoms with E-state index in [0.29, 0.717) is 0 Å². The molecule has 0 saturated carbocycles. The first-order chi connectivity index (χ1) is 9.78. The molecule has 0 radical (unpaired) electrons. The summed E-state index contributed by atoms with van der Waals surface area (Å²) >= 11 is 0. The molecule has 0 bridgehead atoms. The zero-order valence-corrected chi connectivity index (χ0v) is 11.5. The highest BCUT2D eigenvalue weighted by molar-refractivity contribution is 5.84. The largest absolute Gasteiger partial charge is 0.323 e. The molecular formula is C16H18N4. The third kappa shape index (κ3) is 2.42. The second kappa shape index (κ2) is 5.43. The van der Waals surface area contributed by atoms with Crippen LogP contribution in [0.2, 0.25) is 0 Å². The van der Waals surface area contributed by atoms with Gasteiger partial charge in [-0.2, -0.15) is 0 Å². The molecule has 0 aliphatic carbocycles. The van der Waals surface area contributed by atoms with Gasteiger partial charge < -0.3 is 5.73 Å². The van der Waals surface area contributed by atoms with E-state index in [0.717, 1.165) is 24.2 Å². The lowest BCUT2D eigenvalue weighted by atomic mass is 10.1. The van der Waals surface area contributed by atoms with Crippen molar-refractivity contribution in [3.8, 4) is 5.69 Å². The van der Waals surface area contributed by atoms with Crippen LogP contribution in [0.3, 0.4) is 0 Å². The van der Waals surface area contributed by atoms with Crippen molar-refractivity contribution < 1.29 is 0 Å². The highest BCUT2D eigenvalue weighted by Crippen LogP contribution is 2.19. The quantitative estimate of drug-likeness (QED) is 0.788. The average Bonchev–Trinajstić information content (AvgIpc) is 2.97. The van der Waals surface area contributed by atoms with E-state index in [-0.39, 0.29) is 6.04 Å². The van der Waals surface area contributed by atoms with Crippen LogP contribution in [0.5, 0.6) is 0 Å². The fraction of sp³-hybridized carbons (Fsp3) is 0.250. The van der Waals surface area contributed by atoms with Crippen LogP contribution in [-0.4, -0.2) is 15.0 Å². The molecule has 1 unspecified atom stereocenters. The summed E-state index contributed by atoms with van der Waals surface area (Å²) in [7, 11) is 0. The minimum absolute atomic E-state index is 0.0331. The number of hydrogen-bond acceptors (Lipinski definition) is 3. The van der Waals surface area contributed by atoms with Gasteiger partial charge in [-0.05, 0) is 29.3 Å². The SMILES string of the molecule is CCCC(N)c1cn(-c2ccc3ccccc3c2)nn1. The predicted molar refractivity (Wildman–Crippen MR) is 80.7 cm³/mol. The molecular weight excluding hydrogens is 248 g/mol. The van der Waals surface area contributed by atoms with Crippen LogP contribution >= 0.6 is 0 Å². The molecule has 2 aromatic carbocycles. The van der Waals surface area contributed by atoms with E-state index in [2.05, 4.69) is 41.5 Å². The molecule has 102 valence electrons. The minimum Gasteiger partial charge on any atom is -0.323 e. The highest BCUT2D eigenvalue weighted by atomic mass is 15.4. The first-order valence-electron chi connectivity index (χ1n) is 6.95. The maximum atomic E-state index is 6.07. The molecule has 4 heteroatoms. The van der Waals surface area contributed by atoms with Gasteiger partial charge in [0, 0.05) is 0 Å². The van der Waals surface area contributed by atoms with Gasteiger partial charge in [-0.15, -0.1) is 5.10 Å². The van der Waals surface area contributed by atoms with Gasteiger partial charge in [-0.3, -0.25) is 0 Å². The van der Waals surface area contributed by atoms with E-state index in [4.69, 9.17) is 5.73 Å². The molecule has 0 amide bonds. The minimum atomic E-state index is -0.0331. The Hall–Kier alpha value is -2.20. The van der Waals surface area contributed by atoms with Crippen molar-refractivity contribution in [2.45, 2.75) is 25.8 Å². The van der Waals surface area contributed by atoms with Crippen LogP contribution in [0.25, 0.3) is 16.5 Å². The molecule has 0 spiro atoms. The van der Waals surface area contributed by atoms with Crippen molar-refractivity contribution in [2.24, 2.45) is 5.73 Å². The number of fused-ring (bicyclic) bond motifs is 1. The molecule has 1 heterocycles. The van der Waals surface area contributed by atoms with Gasteiger partial charge in [0.25, 0.3) is 0 Å². The summed E-state index contributed by atoms with van der Waals surface area (Å²) in [6.45, 7) is 2.12. The lowest BCUT2D eigenvalue weighted by Crippen LogP contribution is -2.10. The Morgan fingerprint density at radius 3 is 2.75 bits per heavy atom. The number of benzene rings is 2. The highest BCUT2D eigenvalue weighted by Gasteiger charge is 2.10. The summed E-state index contributed by atoms with van der Waals surface area (Å²) in [5.74, 6) is 0. The molecule has 0 fully saturated rings. The Labute approximate surface area is 118 Å². The van der Waals surface area contributed by atoms with E-state index >= 15 is 0 Å². The van der Waals surface area contributed by atoms with Crippen molar-refractivity contribution in [3.63, 3.8) is 0 Å². The smallest absolute Gasteiger partial charge is 0.0998 e. The van der Waals surface area contributed by atoms with Gasteiger partial charge in [0.2, 0.25) is 0 Å². The Balaban J connectivity index is 1.94. The van der Waals surface area contributed by atoms with Gasteiger partial charge in [0.15, 0.2) is 0 Å². The fourth-order valence-corrected chi connectivity index (χ4v) is 2.35. The summed E-state index contributed by atoms with van der Waals surface area (Å²) in [6.07, 6.45) is 3.89. The zero-order valence-electron chi connectivity index (χ0n) is 11.5. The van der Waals surface area contributed by atoms with E-state index in [1.165, 1.54) is 10.8 Å². The first kappa shape index (κ1) is 12.8. The van der Waals surface area contributed by atoms with Crippen LogP contribution in [0.15, 0.2) is 48.7 Å². The predicted octanol–water partition coefficient (Wildman–Crippen LogP) is 3.22. The number of nitrogens with zero attached hydrogens (tertiary/aromatic N) is 3. The Bertz CT molecular complexity index is 717. The van der Waals surface area contributed by atoms with Crippen LogP contribution < -0.4 is 5.73 Å². The molecule has 0 aliphatic heterocycles. The van der Waals surface area contributed by atoms with Crippen molar-refractivity contribution in [3.05, 3.63) is 54.4 Å². The lowest BCUT2D eigenvalue weighted by Gasteiger charge is -2.05. The lowest BCUT2D eigenvalue weighted by molar-refractivity contribution is 0.619. The number of aromatic nitrogens is 3. The van der Waals surface area contributed by atoms with Crippen molar-refractivity contribution >= 4 is 10.8 Å². The maximum absolute atomic E-state index is 6.07. The van der Waals surface area contributed by atoms with Gasteiger partial charge >= 0.3 is 0 Å². The van der Waals surface area contributed by atoms with E-state index in [1.807, 2.05) is 24.4 Å². The summed E-state index contributed by atoms with van der Waals surface area (Å²) in [6, 6.07) is 14.5. The summed E-state index contributed by atoms with van der Waals surface area (Å²) in [4.78, 5) is 0. The molecule has 1 aromatic heterocycles. The Morgan fingerprint density at radius 2 is 1.95 bits per heavy atom. The number of hydrogen-bond donors (Lipinski definition) is 1. The third-order valence-corrected chi connectivity index (χ3v) is 3.49. The van der Waals surface area contributed by atoms with E-state index in [9.17, 15) is 0 Å². The monoisotopic (exact) mass is 266 g/mol. The molecule has 0 aliphatic rings. The van der Waals surface area contributed by atoms with Gasteiger partial charge in [0.05, 0.1) is 23.6 Å². The number of nitrogens with two attached hydrogens (primary N) is 1. The normalized spacial score (nSPS) is 12.7. The van der Waals surface area contributed by atoms with Crippen molar-refractivity contribution in [2.75, 3.05) is 0 Å². The Kier molecular flexibility index (Phi) is 3.48. The average molecular weight is 266 g/mol. The number of rotatable bonds is 4. The maximum Gasteiger partial charge on any atom is 0.0998 e. The van der Waals surface area contributed by atoms with Crippen molar-refractivity contribution in [1.29, 1.82) is 0 Å². The molecule has 2 N–H and O–H groups in total. The topological polar surface area (TPSA) is 56.7 Å². The molecule has 0 saturated heterocycles. The third-order valence-electron chi connectivity index (χ3n) is 3.49. The molecule has 4 nitrogen and oxygen atoms in total. The second-order valence-electron chi connectivity index (χ2n) is 5.01. The van der Waals surface area contributed by atoms with E-state index in [1.54, 1.807) is 4.68 Å². The van der Waals surface area contributed by atoms with Crippen LogP contribution in [0.1, 0.15) is 31.5 Å². The zero-order chi connectivity index (χ0) is 13.9. The van der Waals surface area contributed by atoms with Crippen LogP contribution in [-0.2, 0) is 0 Å². The molecule has 3 rings (SSSR count). The van der Waals surface area contributed by atoms with E-state index < -0.39 is 0 Å². The summed E-state index contributed by atoms with van der Waals surface area (Å²) in [5.41, 5.74) is 7.92. The van der Waals surface area contributed by atoms with Crippen LogP contribution in [0.4, 0.5) is 0 Å². The first-order valence-corrected chi connectivity index (χ1v) is 6.95. The Morgan fingerprint density at radius 1 is 1.15 bits per heavy atom. The second-order valence-corrected chi connectivity index (χ2v) is 5.01. The van der Waals surface area contributed by atoms with Crippen LogP contribution in [0, 0.1) is 0 Å². The molecule has 3 aromatic rings. The van der Waals surface area contributed by atoms with Gasteiger partial charge in [-0.25, -0.2) is 4.68 Å². The molecule has 20 heavy (non-hydrogen) atoms. The van der Waals surface area contributed by atoms with Gasteiger partial charge in [0.1, 0.15) is 0 Å². The molecule has 1 atom stereocenters.